The van der Waals surface area contributed by atoms with Gasteiger partial charge in [-0.15, -0.1) is 0 Å². The first-order valence-electron chi connectivity index (χ1n) is 3.01. The van der Waals surface area contributed by atoms with E-state index in [1.54, 1.807) is 0 Å². The lowest BCUT2D eigenvalue weighted by molar-refractivity contribution is -0.375. The van der Waals surface area contributed by atoms with E-state index in [4.69, 9.17) is 0 Å². The summed E-state index contributed by atoms with van der Waals surface area (Å²) in [7, 11) is 0. The van der Waals surface area contributed by atoms with E-state index in [-0.39, 0.29) is 0 Å². The van der Waals surface area contributed by atoms with E-state index in [1.165, 1.54) is 0 Å². The zero-order chi connectivity index (χ0) is 6.41. The van der Waals surface area contributed by atoms with Crippen LogP contribution in [-0.2, 0) is 0 Å². The summed E-state index contributed by atoms with van der Waals surface area (Å²) in [5.41, 5.74) is 0.840. The van der Waals surface area contributed by atoms with Crippen LogP contribution in [-0.4, -0.2) is 5.71 Å². The highest BCUT2D eigenvalue weighted by molar-refractivity contribution is 5.75. The van der Waals surface area contributed by atoms with E-state index in [0.717, 1.165) is 25.0 Å². The Labute approximate surface area is 50.2 Å². The van der Waals surface area contributed by atoms with Crippen molar-refractivity contribution >= 4 is 5.71 Å². The zero-order valence-corrected chi connectivity index (χ0v) is 5.53. The molecule has 0 bridgehead atoms. The molecule has 2 heteroatoms. The molecule has 0 atom stereocenters. The van der Waals surface area contributed by atoms with Crippen molar-refractivity contribution in [3.63, 3.8) is 0 Å². The number of nitrogens with one attached hydrogen (secondary N) is 1. The van der Waals surface area contributed by atoms with Crippen LogP contribution in [0, 0.1) is 5.21 Å². The Kier molecular flexibility index (Phi) is 4.32. The predicted octanol–water partition coefficient (Wildman–Crippen LogP) is 0.216. The van der Waals surface area contributed by atoms with E-state index in [0.29, 0.717) is 0 Å². The van der Waals surface area contributed by atoms with Gasteiger partial charge >= 0.3 is 0 Å². The lowest BCUT2D eigenvalue weighted by Gasteiger charge is -1.90. The molecule has 0 aromatic heterocycles. The molecule has 0 amide bonds. The summed E-state index contributed by atoms with van der Waals surface area (Å²) in [4.78, 5) is 0. The van der Waals surface area contributed by atoms with Gasteiger partial charge in [-0.1, -0.05) is 13.3 Å². The molecule has 0 aliphatic rings. The van der Waals surface area contributed by atoms with Crippen LogP contribution in [0.25, 0.3) is 0 Å². The molecule has 0 aliphatic heterocycles. The molecule has 8 heavy (non-hydrogen) atoms. The average Bonchev–Trinajstić information content (AvgIpc) is 1.83. The monoisotopic (exact) mass is 115 g/mol. The lowest BCUT2D eigenvalue weighted by Crippen LogP contribution is -2.64. The fourth-order valence-corrected chi connectivity index (χ4v) is 0.493. The van der Waals surface area contributed by atoms with E-state index < -0.39 is 0 Å². The highest BCUT2D eigenvalue weighted by Gasteiger charge is 1.91. The Balaban J connectivity index is 3.12. The van der Waals surface area contributed by atoms with Crippen molar-refractivity contribution in [2.45, 2.75) is 33.1 Å². The highest BCUT2D eigenvalue weighted by atomic mass is 16.4. The van der Waals surface area contributed by atoms with Gasteiger partial charge in [0.2, 0.25) is 0 Å². The van der Waals surface area contributed by atoms with Crippen molar-refractivity contribution < 1.29 is 5.16 Å². The lowest BCUT2D eigenvalue weighted by atomic mass is 10.2. The molecule has 0 spiro atoms. The second-order valence-corrected chi connectivity index (χ2v) is 1.99. The first-order valence-corrected chi connectivity index (χ1v) is 3.01. The fourth-order valence-electron chi connectivity index (χ4n) is 0.493. The molecule has 0 aromatic rings. The van der Waals surface area contributed by atoms with Gasteiger partial charge in [0.25, 0.3) is 0 Å². The van der Waals surface area contributed by atoms with Crippen LogP contribution in [0.1, 0.15) is 33.1 Å². The molecule has 0 aromatic carbocycles. The van der Waals surface area contributed by atoms with E-state index >= 15 is 0 Å². The molecule has 0 radical (unpaired) electrons. The first kappa shape index (κ1) is 7.47. The smallest absolute Gasteiger partial charge is 0.158 e. The standard InChI is InChI=1S/C6H13NO/c1-3-4-5-6(2)7-8/h7H,3-5H2,1-2H3. The van der Waals surface area contributed by atoms with Gasteiger partial charge < -0.3 is 5.21 Å². The Hall–Kier alpha value is -0.530. The van der Waals surface area contributed by atoms with E-state index in [1.807, 2.05) is 12.1 Å². The maximum absolute atomic E-state index is 9.85. The van der Waals surface area contributed by atoms with Crippen molar-refractivity contribution in [1.29, 1.82) is 0 Å². The normalized spacial score (nSPS) is 12.0. The second kappa shape index (κ2) is 4.62. The summed E-state index contributed by atoms with van der Waals surface area (Å²) in [6, 6.07) is 0. The Morgan fingerprint density at radius 1 is 1.62 bits per heavy atom. The number of hydrogen-bond donors (Lipinski definition) is 1. The molecule has 0 saturated heterocycles. The topological polar surface area (TPSA) is 37.0 Å². The number of unbranched alkanes of at least 4 members (excludes halogenated alkanes) is 1. The minimum atomic E-state index is 0.840. The largest absolute Gasteiger partial charge is 0.625 e. The summed E-state index contributed by atoms with van der Waals surface area (Å²) >= 11 is 0. The summed E-state index contributed by atoms with van der Waals surface area (Å²) in [6.07, 6.45) is 3.18. The SMILES string of the molecule is CCCCC(C)=[NH+][O-]. The molecule has 0 heterocycles. The summed E-state index contributed by atoms with van der Waals surface area (Å²) < 4.78 is 0. The zero-order valence-electron chi connectivity index (χ0n) is 5.53. The molecule has 0 aliphatic carbocycles. The highest BCUT2D eigenvalue weighted by Crippen LogP contribution is 1.91. The van der Waals surface area contributed by atoms with E-state index in [9.17, 15) is 5.21 Å². The van der Waals surface area contributed by atoms with Gasteiger partial charge in [-0.05, 0) is 6.42 Å². The van der Waals surface area contributed by atoms with E-state index in [2.05, 4.69) is 6.92 Å². The molecule has 0 saturated carbocycles. The molecule has 48 valence electrons. The van der Waals surface area contributed by atoms with Crippen LogP contribution in [0.15, 0.2) is 0 Å². The molecular formula is C6H13NO. The predicted molar refractivity (Wildman–Crippen MR) is 34.5 cm³/mol. The molecular weight excluding hydrogens is 102 g/mol. The summed E-state index contributed by atoms with van der Waals surface area (Å²) in [5, 5.41) is 11.7. The number of rotatable bonds is 3. The van der Waals surface area contributed by atoms with Gasteiger partial charge in [-0.2, -0.15) is 0 Å². The number of hydrogen-bond acceptors (Lipinski definition) is 1. The first-order chi connectivity index (χ1) is 3.81. The third-order valence-corrected chi connectivity index (χ3v) is 1.08. The van der Waals surface area contributed by atoms with Crippen molar-refractivity contribution in [3.05, 3.63) is 5.21 Å². The fraction of sp³-hybridized carbons (Fsp3) is 0.833. The average molecular weight is 115 g/mol. The van der Waals surface area contributed by atoms with Crippen LogP contribution in [0.3, 0.4) is 0 Å². The molecule has 1 N–H and O–H groups in total. The van der Waals surface area contributed by atoms with Crippen LogP contribution in [0.5, 0.6) is 0 Å². The maximum atomic E-state index is 9.85. The van der Waals surface area contributed by atoms with Gasteiger partial charge in [-0.25, -0.2) is 5.16 Å². The third-order valence-electron chi connectivity index (χ3n) is 1.08. The third kappa shape index (κ3) is 3.65. The van der Waals surface area contributed by atoms with Gasteiger partial charge in [0.1, 0.15) is 0 Å². The Morgan fingerprint density at radius 3 is 2.62 bits per heavy atom. The van der Waals surface area contributed by atoms with Gasteiger partial charge in [-0.3, -0.25) is 0 Å². The molecule has 0 unspecified atom stereocenters. The van der Waals surface area contributed by atoms with Crippen molar-refractivity contribution in [1.82, 2.24) is 0 Å². The van der Waals surface area contributed by atoms with Crippen LogP contribution >= 0.6 is 0 Å². The van der Waals surface area contributed by atoms with Gasteiger partial charge in [0, 0.05) is 13.3 Å². The molecule has 0 rings (SSSR count). The molecule has 0 fully saturated rings. The van der Waals surface area contributed by atoms with Crippen molar-refractivity contribution in [3.8, 4) is 0 Å². The summed E-state index contributed by atoms with van der Waals surface area (Å²) in [5.74, 6) is 0. The Bertz CT molecular complexity index is 78.6. The van der Waals surface area contributed by atoms with Crippen LogP contribution < -0.4 is 5.16 Å². The van der Waals surface area contributed by atoms with Gasteiger partial charge in [0.05, 0.1) is 0 Å². The van der Waals surface area contributed by atoms with Crippen LogP contribution in [0.2, 0.25) is 0 Å². The van der Waals surface area contributed by atoms with Crippen molar-refractivity contribution in [2.24, 2.45) is 0 Å². The quantitative estimate of drug-likeness (QED) is 0.319. The van der Waals surface area contributed by atoms with Gasteiger partial charge in [0.15, 0.2) is 5.71 Å². The maximum Gasteiger partial charge on any atom is 0.158 e. The minimum Gasteiger partial charge on any atom is -0.625 e. The second-order valence-electron chi connectivity index (χ2n) is 1.99. The van der Waals surface area contributed by atoms with Crippen LogP contribution in [0.4, 0.5) is 0 Å². The molecule has 2 nitrogen and oxygen atoms in total. The Morgan fingerprint density at radius 2 is 2.25 bits per heavy atom. The summed E-state index contributed by atoms with van der Waals surface area (Å²) in [6.45, 7) is 3.93. The minimum absolute atomic E-state index is 0.840. The van der Waals surface area contributed by atoms with Crippen molar-refractivity contribution in [2.75, 3.05) is 0 Å².